The Morgan fingerprint density at radius 2 is 1.74 bits per heavy atom. The minimum absolute atomic E-state index is 0.00679. The van der Waals surface area contributed by atoms with E-state index in [0.717, 1.165) is 40.9 Å². The van der Waals surface area contributed by atoms with Crippen molar-refractivity contribution in [2.24, 2.45) is 0 Å². The lowest BCUT2D eigenvalue weighted by atomic mass is 10.1. The summed E-state index contributed by atoms with van der Waals surface area (Å²) in [5.74, 6) is 0.986. The van der Waals surface area contributed by atoms with Gasteiger partial charge in [-0.3, -0.25) is 19.4 Å². The van der Waals surface area contributed by atoms with Crippen LogP contribution in [0.2, 0.25) is 0 Å². The maximum absolute atomic E-state index is 13.1. The minimum Gasteiger partial charge on any atom is -0.459 e. The van der Waals surface area contributed by atoms with Crippen molar-refractivity contribution in [1.82, 2.24) is 14.7 Å². The Hall–Kier alpha value is -3.16. The Kier molecular flexibility index (Phi) is 8.21. The van der Waals surface area contributed by atoms with Gasteiger partial charge < -0.3 is 14.6 Å². The Balaban J connectivity index is 1.26. The fraction of sp³-hybridized carbons (Fsp3) is 0.429. The molecule has 0 bridgehead atoms. The van der Waals surface area contributed by atoms with Crippen LogP contribution >= 0.6 is 0 Å². The van der Waals surface area contributed by atoms with Crippen LogP contribution in [-0.4, -0.2) is 72.3 Å². The second-order valence-electron chi connectivity index (χ2n) is 9.14. The average Bonchev–Trinajstić information content (AvgIpc) is 3.32. The van der Waals surface area contributed by atoms with Crippen LogP contribution in [0.4, 0.5) is 5.69 Å². The first-order valence-corrected chi connectivity index (χ1v) is 12.6. The number of nitrogens with one attached hydrogen (secondary N) is 1. The van der Waals surface area contributed by atoms with Crippen molar-refractivity contribution in [2.45, 2.75) is 33.2 Å². The molecule has 1 atom stereocenters. The number of likely N-dealkylation sites (N-methyl/N-ethyl adjacent to an activating group) is 1. The van der Waals surface area contributed by atoms with Crippen molar-refractivity contribution < 1.29 is 14.0 Å². The molecular formula is C28H36N4O3. The van der Waals surface area contributed by atoms with Gasteiger partial charge in [-0.2, -0.15) is 0 Å². The first-order chi connectivity index (χ1) is 17.0. The summed E-state index contributed by atoms with van der Waals surface area (Å²) in [5, 5.41) is 4.12. The van der Waals surface area contributed by atoms with E-state index in [4.69, 9.17) is 4.42 Å². The molecule has 2 heterocycles. The molecule has 1 N–H and O–H groups in total. The number of amides is 2. The standard InChI is InChI=1S/C28H36N4O3/c1-4-22-10-6-8-12-24(22)29-27(33)19-30-14-16-32(17-15-30)28(34)20-31(5-2)21(3)26-18-23-11-7-9-13-25(23)35-26/h6-13,18,21H,4-5,14-17,19-20H2,1-3H3,(H,29,33). The summed E-state index contributed by atoms with van der Waals surface area (Å²) in [6.07, 6.45) is 0.876. The van der Waals surface area contributed by atoms with Crippen molar-refractivity contribution >= 4 is 28.5 Å². The Bertz CT molecular complexity index is 1120. The topological polar surface area (TPSA) is 69.0 Å². The van der Waals surface area contributed by atoms with E-state index in [1.54, 1.807) is 0 Å². The second kappa shape index (κ2) is 11.5. The fourth-order valence-electron chi connectivity index (χ4n) is 4.68. The first kappa shape index (κ1) is 24.9. The van der Waals surface area contributed by atoms with Gasteiger partial charge in [-0.1, -0.05) is 50.2 Å². The third-order valence-corrected chi connectivity index (χ3v) is 6.91. The zero-order valence-electron chi connectivity index (χ0n) is 21.0. The van der Waals surface area contributed by atoms with Gasteiger partial charge in [0.2, 0.25) is 11.8 Å². The maximum Gasteiger partial charge on any atom is 0.238 e. The zero-order chi connectivity index (χ0) is 24.8. The number of aryl methyl sites for hydroxylation is 1. The van der Waals surface area contributed by atoms with Gasteiger partial charge >= 0.3 is 0 Å². The average molecular weight is 477 g/mol. The molecular weight excluding hydrogens is 440 g/mol. The predicted molar refractivity (Wildman–Crippen MR) is 139 cm³/mol. The number of hydrogen-bond donors (Lipinski definition) is 1. The number of para-hydroxylation sites is 2. The van der Waals surface area contributed by atoms with Gasteiger partial charge in [0.1, 0.15) is 11.3 Å². The molecule has 7 heteroatoms. The molecule has 186 valence electrons. The van der Waals surface area contributed by atoms with Crippen LogP contribution in [-0.2, 0) is 16.0 Å². The van der Waals surface area contributed by atoms with Crippen LogP contribution in [0.25, 0.3) is 11.0 Å². The summed E-state index contributed by atoms with van der Waals surface area (Å²) in [6, 6.07) is 18.0. The molecule has 1 saturated heterocycles. The molecule has 1 fully saturated rings. The molecule has 0 radical (unpaired) electrons. The highest BCUT2D eigenvalue weighted by Crippen LogP contribution is 2.27. The number of anilines is 1. The first-order valence-electron chi connectivity index (χ1n) is 12.6. The summed E-state index contributed by atoms with van der Waals surface area (Å²) in [5.41, 5.74) is 2.88. The lowest BCUT2D eigenvalue weighted by Gasteiger charge is -2.36. The minimum atomic E-state index is -0.0116. The van der Waals surface area contributed by atoms with Gasteiger partial charge in [0.15, 0.2) is 0 Å². The van der Waals surface area contributed by atoms with Gasteiger partial charge in [-0.25, -0.2) is 0 Å². The second-order valence-corrected chi connectivity index (χ2v) is 9.14. The summed E-state index contributed by atoms with van der Waals surface area (Å²) >= 11 is 0. The van der Waals surface area contributed by atoms with Crippen LogP contribution in [0.3, 0.4) is 0 Å². The normalized spacial score (nSPS) is 15.5. The van der Waals surface area contributed by atoms with E-state index < -0.39 is 0 Å². The number of carbonyl (C=O) groups is 2. The molecule has 0 saturated carbocycles. The van der Waals surface area contributed by atoms with E-state index >= 15 is 0 Å². The molecule has 7 nitrogen and oxygen atoms in total. The highest BCUT2D eigenvalue weighted by atomic mass is 16.3. The Labute approximate surface area is 207 Å². The van der Waals surface area contributed by atoms with Gasteiger partial charge in [0.05, 0.1) is 19.1 Å². The molecule has 1 aromatic heterocycles. The lowest BCUT2D eigenvalue weighted by Crippen LogP contribution is -2.52. The third-order valence-electron chi connectivity index (χ3n) is 6.91. The summed E-state index contributed by atoms with van der Waals surface area (Å²) < 4.78 is 6.04. The number of fused-ring (bicyclic) bond motifs is 1. The van der Waals surface area contributed by atoms with Crippen LogP contribution in [0.1, 0.15) is 38.1 Å². The number of nitrogens with zero attached hydrogens (tertiary/aromatic N) is 3. The molecule has 2 aromatic carbocycles. The number of hydrogen-bond acceptors (Lipinski definition) is 5. The van der Waals surface area contributed by atoms with E-state index in [9.17, 15) is 9.59 Å². The van der Waals surface area contributed by atoms with E-state index in [1.165, 1.54) is 0 Å². The third kappa shape index (κ3) is 6.10. The van der Waals surface area contributed by atoms with Gasteiger partial charge in [0, 0.05) is 37.3 Å². The largest absolute Gasteiger partial charge is 0.459 e. The van der Waals surface area contributed by atoms with Crippen LogP contribution in [0.5, 0.6) is 0 Å². The number of benzene rings is 2. The summed E-state index contributed by atoms with van der Waals surface area (Å²) in [6.45, 7) is 10.3. The molecule has 0 spiro atoms. The van der Waals surface area contributed by atoms with Crippen molar-refractivity contribution in [1.29, 1.82) is 0 Å². The maximum atomic E-state index is 13.1. The van der Waals surface area contributed by atoms with Crippen molar-refractivity contribution in [2.75, 3.05) is 51.1 Å². The van der Waals surface area contributed by atoms with Crippen molar-refractivity contribution in [3.8, 4) is 0 Å². The number of rotatable bonds is 9. The van der Waals surface area contributed by atoms with Crippen LogP contribution in [0.15, 0.2) is 59.0 Å². The fourth-order valence-corrected chi connectivity index (χ4v) is 4.68. The van der Waals surface area contributed by atoms with Crippen molar-refractivity contribution in [3.63, 3.8) is 0 Å². The smallest absolute Gasteiger partial charge is 0.238 e. The van der Waals surface area contributed by atoms with Crippen LogP contribution in [0, 0.1) is 0 Å². The van der Waals surface area contributed by atoms with E-state index in [1.807, 2.05) is 53.4 Å². The highest BCUT2D eigenvalue weighted by Gasteiger charge is 2.26. The number of piperazine rings is 1. The van der Waals surface area contributed by atoms with Gasteiger partial charge in [-0.05, 0) is 43.7 Å². The summed E-state index contributed by atoms with van der Waals surface area (Å²) in [4.78, 5) is 31.8. The summed E-state index contributed by atoms with van der Waals surface area (Å²) in [7, 11) is 0. The molecule has 1 aliphatic rings. The van der Waals surface area contributed by atoms with Gasteiger partial charge in [-0.15, -0.1) is 0 Å². The molecule has 4 rings (SSSR count). The number of furan rings is 1. The molecule has 1 aliphatic heterocycles. The quantitative estimate of drug-likeness (QED) is 0.502. The SMILES string of the molecule is CCc1ccccc1NC(=O)CN1CCN(C(=O)CN(CC)C(C)c2cc3ccccc3o2)CC1. The van der Waals surface area contributed by atoms with Crippen molar-refractivity contribution in [3.05, 3.63) is 65.9 Å². The van der Waals surface area contributed by atoms with E-state index in [2.05, 4.69) is 42.0 Å². The van der Waals surface area contributed by atoms with Crippen LogP contribution < -0.4 is 5.32 Å². The highest BCUT2D eigenvalue weighted by molar-refractivity contribution is 5.93. The zero-order valence-corrected chi connectivity index (χ0v) is 21.0. The Morgan fingerprint density at radius 1 is 1.03 bits per heavy atom. The molecule has 1 unspecified atom stereocenters. The molecule has 2 amide bonds. The predicted octanol–water partition coefficient (Wildman–Crippen LogP) is 4.16. The molecule has 35 heavy (non-hydrogen) atoms. The molecule has 0 aliphatic carbocycles. The van der Waals surface area contributed by atoms with E-state index in [-0.39, 0.29) is 17.9 Å². The Morgan fingerprint density at radius 3 is 2.46 bits per heavy atom. The van der Waals surface area contributed by atoms with E-state index in [0.29, 0.717) is 39.3 Å². The number of carbonyl (C=O) groups excluding carboxylic acids is 2. The monoisotopic (exact) mass is 476 g/mol. The lowest BCUT2D eigenvalue weighted by molar-refractivity contribution is -0.134. The van der Waals surface area contributed by atoms with Gasteiger partial charge in [0.25, 0.3) is 0 Å². The molecule has 3 aromatic rings.